The van der Waals surface area contributed by atoms with Crippen molar-refractivity contribution < 1.29 is 5.11 Å². The molecule has 0 aliphatic rings. The number of aromatic nitrogens is 2. The molecule has 1 aromatic carbocycles. The molecule has 17 heavy (non-hydrogen) atoms. The Kier molecular flexibility index (Phi) is 3.22. The first-order chi connectivity index (χ1) is 8.00. The van der Waals surface area contributed by atoms with E-state index in [2.05, 4.69) is 5.10 Å². The van der Waals surface area contributed by atoms with Crippen molar-refractivity contribution >= 4 is 11.6 Å². The van der Waals surface area contributed by atoms with E-state index in [9.17, 15) is 5.11 Å². The van der Waals surface area contributed by atoms with E-state index in [0.717, 1.165) is 22.6 Å². The van der Waals surface area contributed by atoms with Crippen molar-refractivity contribution in [2.24, 2.45) is 0 Å². The Hall–Kier alpha value is -1.32. The summed E-state index contributed by atoms with van der Waals surface area (Å²) in [5, 5.41) is 14.9. The van der Waals surface area contributed by atoms with Gasteiger partial charge in [-0.3, -0.25) is 0 Å². The molecule has 1 unspecified atom stereocenters. The highest BCUT2D eigenvalue weighted by Gasteiger charge is 2.16. The molecule has 0 aliphatic carbocycles. The van der Waals surface area contributed by atoms with E-state index in [1.165, 1.54) is 0 Å². The summed E-state index contributed by atoms with van der Waals surface area (Å²) in [5.41, 5.74) is 3.65. The minimum atomic E-state index is -0.504. The molecule has 1 atom stereocenters. The number of nitrogens with zero attached hydrogens (tertiary/aromatic N) is 2. The van der Waals surface area contributed by atoms with Crippen molar-refractivity contribution in [1.82, 2.24) is 9.78 Å². The molecule has 0 spiro atoms. The summed E-state index contributed by atoms with van der Waals surface area (Å²) in [5.74, 6) is 0. The molecule has 4 heteroatoms. The number of hydrogen-bond donors (Lipinski definition) is 1. The molecule has 3 nitrogen and oxygen atoms in total. The molecular weight excluding hydrogens is 236 g/mol. The molecule has 0 aliphatic heterocycles. The maximum Gasteiger partial charge on any atom is 0.0797 e. The Labute approximate surface area is 106 Å². The first-order valence-electron chi connectivity index (χ1n) is 5.51. The van der Waals surface area contributed by atoms with Gasteiger partial charge in [0, 0.05) is 16.3 Å². The van der Waals surface area contributed by atoms with E-state index in [1.54, 1.807) is 6.92 Å². The third-order valence-corrected chi connectivity index (χ3v) is 3.09. The zero-order chi connectivity index (χ0) is 12.6. The van der Waals surface area contributed by atoms with E-state index in [1.807, 2.05) is 42.8 Å². The molecule has 1 N–H and O–H groups in total. The van der Waals surface area contributed by atoms with Crippen LogP contribution in [0.2, 0.25) is 5.02 Å². The van der Waals surface area contributed by atoms with Gasteiger partial charge in [0.1, 0.15) is 0 Å². The topological polar surface area (TPSA) is 38.0 Å². The fourth-order valence-corrected chi connectivity index (χ4v) is 2.22. The van der Waals surface area contributed by atoms with E-state index in [4.69, 9.17) is 11.6 Å². The van der Waals surface area contributed by atoms with Crippen LogP contribution >= 0.6 is 11.6 Å². The quantitative estimate of drug-likeness (QED) is 0.889. The highest BCUT2D eigenvalue weighted by atomic mass is 35.5. The van der Waals surface area contributed by atoms with Gasteiger partial charge in [0.15, 0.2) is 0 Å². The van der Waals surface area contributed by atoms with Crippen molar-refractivity contribution in [2.75, 3.05) is 0 Å². The lowest BCUT2D eigenvalue weighted by Crippen LogP contribution is -2.00. The largest absolute Gasteiger partial charge is 0.389 e. The van der Waals surface area contributed by atoms with Crippen LogP contribution in [0.5, 0.6) is 0 Å². The van der Waals surface area contributed by atoms with Crippen LogP contribution in [0.25, 0.3) is 5.69 Å². The average Bonchev–Trinajstić information content (AvgIpc) is 2.55. The number of aliphatic hydroxyl groups is 1. The number of aliphatic hydroxyl groups excluding tert-OH is 1. The number of halogens is 1. The molecule has 0 radical (unpaired) electrons. The van der Waals surface area contributed by atoms with Crippen LogP contribution in [-0.2, 0) is 0 Å². The van der Waals surface area contributed by atoms with Gasteiger partial charge in [-0.15, -0.1) is 0 Å². The van der Waals surface area contributed by atoms with Gasteiger partial charge >= 0.3 is 0 Å². The average molecular weight is 251 g/mol. The van der Waals surface area contributed by atoms with E-state index < -0.39 is 6.10 Å². The van der Waals surface area contributed by atoms with Gasteiger partial charge in [0.25, 0.3) is 0 Å². The molecule has 0 saturated carbocycles. The molecule has 0 bridgehead atoms. The highest BCUT2D eigenvalue weighted by Crippen LogP contribution is 2.24. The summed E-state index contributed by atoms with van der Waals surface area (Å²) in [6.07, 6.45) is -0.504. The molecule has 90 valence electrons. The smallest absolute Gasteiger partial charge is 0.0797 e. The highest BCUT2D eigenvalue weighted by molar-refractivity contribution is 6.30. The Morgan fingerprint density at radius 1 is 1.24 bits per heavy atom. The summed E-state index contributed by atoms with van der Waals surface area (Å²) in [6.45, 7) is 5.61. The lowest BCUT2D eigenvalue weighted by molar-refractivity contribution is 0.198. The number of rotatable bonds is 2. The van der Waals surface area contributed by atoms with E-state index >= 15 is 0 Å². The number of hydrogen-bond acceptors (Lipinski definition) is 2. The zero-order valence-electron chi connectivity index (χ0n) is 10.1. The standard InChI is InChI=1S/C13H15ClN2O/c1-8-13(10(3)17)9(2)16(15-8)12-6-4-11(14)5-7-12/h4-7,10,17H,1-3H3. The normalized spacial score (nSPS) is 12.8. The first kappa shape index (κ1) is 12.1. The zero-order valence-corrected chi connectivity index (χ0v) is 10.9. The lowest BCUT2D eigenvalue weighted by atomic mass is 10.1. The Morgan fingerprint density at radius 2 is 1.82 bits per heavy atom. The van der Waals surface area contributed by atoms with Gasteiger partial charge in [0.05, 0.1) is 17.5 Å². The predicted molar refractivity (Wildman–Crippen MR) is 68.7 cm³/mol. The molecule has 1 heterocycles. The van der Waals surface area contributed by atoms with Gasteiger partial charge in [0.2, 0.25) is 0 Å². The molecule has 2 aromatic rings. The summed E-state index contributed by atoms with van der Waals surface area (Å²) in [4.78, 5) is 0. The molecular formula is C13H15ClN2O. The lowest BCUT2D eigenvalue weighted by Gasteiger charge is -2.07. The fraction of sp³-hybridized carbons (Fsp3) is 0.308. The maximum absolute atomic E-state index is 9.72. The summed E-state index contributed by atoms with van der Waals surface area (Å²) < 4.78 is 1.83. The monoisotopic (exact) mass is 250 g/mol. The van der Waals surface area contributed by atoms with Crippen LogP contribution in [-0.4, -0.2) is 14.9 Å². The number of aryl methyl sites for hydroxylation is 1. The summed E-state index contributed by atoms with van der Waals surface area (Å²) in [7, 11) is 0. The second-order valence-electron chi connectivity index (χ2n) is 4.15. The van der Waals surface area contributed by atoms with E-state index in [0.29, 0.717) is 5.02 Å². The van der Waals surface area contributed by atoms with Gasteiger partial charge in [-0.05, 0) is 45.0 Å². The van der Waals surface area contributed by atoms with Crippen LogP contribution in [0.1, 0.15) is 30.0 Å². The summed E-state index contributed by atoms with van der Waals surface area (Å²) in [6, 6.07) is 7.48. The first-order valence-corrected chi connectivity index (χ1v) is 5.88. The predicted octanol–water partition coefficient (Wildman–Crippen LogP) is 3.20. The van der Waals surface area contributed by atoms with Crippen molar-refractivity contribution in [2.45, 2.75) is 26.9 Å². The van der Waals surface area contributed by atoms with Gasteiger partial charge in [-0.1, -0.05) is 11.6 Å². The van der Waals surface area contributed by atoms with Crippen molar-refractivity contribution in [3.63, 3.8) is 0 Å². The van der Waals surface area contributed by atoms with Crippen LogP contribution in [0, 0.1) is 13.8 Å². The van der Waals surface area contributed by atoms with Crippen molar-refractivity contribution in [3.8, 4) is 5.69 Å². The molecule has 2 rings (SSSR count). The van der Waals surface area contributed by atoms with Gasteiger partial charge < -0.3 is 5.11 Å². The molecule has 0 saturated heterocycles. The summed E-state index contributed by atoms with van der Waals surface area (Å²) >= 11 is 5.86. The Balaban J connectivity index is 2.53. The maximum atomic E-state index is 9.72. The third kappa shape index (κ3) is 2.21. The minimum Gasteiger partial charge on any atom is -0.389 e. The van der Waals surface area contributed by atoms with Gasteiger partial charge in [-0.2, -0.15) is 5.10 Å². The minimum absolute atomic E-state index is 0.504. The second-order valence-corrected chi connectivity index (χ2v) is 4.59. The fourth-order valence-electron chi connectivity index (χ4n) is 2.09. The van der Waals surface area contributed by atoms with Crippen LogP contribution in [0.3, 0.4) is 0 Å². The molecule has 0 amide bonds. The van der Waals surface area contributed by atoms with Crippen molar-refractivity contribution in [1.29, 1.82) is 0 Å². The number of benzene rings is 1. The van der Waals surface area contributed by atoms with Crippen LogP contribution < -0.4 is 0 Å². The Bertz CT molecular complexity index is 529. The second kappa shape index (κ2) is 4.51. The SMILES string of the molecule is Cc1nn(-c2ccc(Cl)cc2)c(C)c1C(C)O. The Morgan fingerprint density at radius 3 is 2.29 bits per heavy atom. The third-order valence-electron chi connectivity index (χ3n) is 2.84. The van der Waals surface area contributed by atoms with E-state index in [-0.39, 0.29) is 0 Å². The van der Waals surface area contributed by atoms with Crippen LogP contribution in [0.15, 0.2) is 24.3 Å². The van der Waals surface area contributed by atoms with Gasteiger partial charge in [-0.25, -0.2) is 4.68 Å². The van der Waals surface area contributed by atoms with Crippen molar-refractivity contribution in [3.05, 3.63) is 46.2 Å². The van der Waals surface area contributed by atoms with Crippen LogP contribution in [0.4, 0.5) is 0 Å². The molecule has 0 fully saturated rings. The molecule has 1 aromatic heterocycles.